The zero-order valence-corrected chi connectivity index (χ0v) is 15.3. The standard InChI is InChI=1S/C20H19N3O2S/c1-3-12-23-19(15-8-5-4-6-9-15)21-22-20(23)26-14-18(24)16-10-7-11-17(13-16)25-2/h3-11,13H,1,12,14H2,2H3. The van der Waals surface area contributed by atoms with Gasteiger partial charge in [0.2, 0.25) is 0 Å². The maximum absolute atomic E-state index is 12.5. The average molecular weight is 365 g/mol. The number of aromatic nitrogens is 3. The van der Waals surface area contributed by atoms with E-state index in [0.717, 1.165) is 11.4 Å². The Labute approximate surface area is 156 Å². The molecule has 1 heterocycles. The van der Waals surface area contributed by atoms with Gasteiger partial charge in [0.15, 0.2) is 16.8 Å². The van der Waals surface area contributed by atoms with Crippen molar-refractivity contribution in [3.63, 3.8) is 0 Å². The summed E-state index contributed by atoms with van der Waals surface area (Å²) in [6.07, 6.45) is 1.80. The molecule has 1 aromatic heterocycles. The molecule has 0 amide bonds. The lowest BCUT2D eigenvalue weighted by Crippen LogP contribution is -2.05. The van der Waals surface area contributed by atoms with E-state index >= 15 is 0 Å². The lowest BCUT2D eigenvalue weighted by molar-refractivity contribution is 0.102. The van der Waals surface area contributed by atoms with Gasteiger partial charge in [-0.3, -0.25) is 9.36 Å². The molecule has 2 aromatic carbocycles. The summed E-state index contributed by atoms with van der Waals surface area (Å²) in [5.74, 6) is 1.73. The molecule has 5 nitrogen and oxygen atoms in total. The quantitative estimate of drug-likeness (QED) is 0.341. The fourth-order valence-corrected chi connectivity index (χ4v) is 3.34. The third-order valence-corrected chi connectivity index (χ3v) is 4.75. The van der Waals surface area contributed by atoms with Crippen LogP contribution in [0.4, 0.5) is 0 Å². The van der Waals surface area contributed by atoms with Crippen LogP contribution in [0.2, 0.25) is 0 Å². The van der Waals surface area contributed by atoms with E-state index in [-0.39, 0.29) is 11.5 Å². The number of rotatable bonds is 8. The summed E-state index contributed by atoms with van der Waals surface area (Å²) >= 11 is 1.37. The summed E-state index contributed by atoms with van der Waals surface area (Å²) in [6, 6.07) is 17.0. The number of carbonyl (C=O) groups is 1. The average Bonchev–Trinajstić information content (AvgIpc) is 3.09. The van der Waals surface area contributed by atoms with Crippen LogP contribution in [0.15, 0.2) is 72.4 Å². The molecule has 3 rings (SSSR count). The number of hydrogen-bond acceptors (Lipinski definition) is 5. The minimum absolute atomic E-state index is 0.0170. The van der Waals surface area contributed by atoms with Crippen LogP contribution in [-0.4, -0.2) is 33.4 Å². The molecule has 0 aliphatic rings. The third kappa shape index (κ3) is 4.03. The topological polar surface area (TPSA) is 57.0 Å². The molecule has 0 fully saturated rings. The van der Waals surface area contributed by atoms with E-state index in [1.807, 2.05) is 47.0 Å². The first-order valence-electron chi connectivity index (χ1n) is 8.12. The van der Waals surface area contributed by atoms with E-state index in [1.54, 1.807) is 25.3 Å². The van der Waals surface area contributed by atoms with Gasteiger partial charge in [-0.25, -0.2) is 0 Å². The van der Waals surface area contributed by atoms with E-state index < -0.39 is 0 Å². The summed E-state index contributed by atoms with van der Waals surface area (Å²) < 4.78 is 7.14. The van der Waals surface area contributed by atoms with Crippen LogP contribution in [0.25, 0.3) is 11.4 Å². The summed E-state index contributed by atoms with van der Waals surface area (Å²) in [4.78, 5) is 12.5. The van der Waals surface area contributed by atoms with Gasteiger partial charge in [-0.2, -0.15) is 0 Å². The molecule has 0 saturated heterocycles. The Morgan fingerprint density at radius 2 is 2.00 bits per heavy atom. The number of benzene rings is 2. The Kier molecular flexibility index (Phi) is 5.86. The highest BCUT2D eigenvalue weighted by molar-refractivity contribution is 7.99. The number of thioether (sulfide) groups is 1. The lowest BCUT2D eigenvalue weighted by atomic mass is 10.1. The fourth-order valence-electron chi connectivity index (χ4n) is 2.50. The van der Waals surface area contributed by atoms with Gasteiger partial charge in [0.1, 0.15) is 5.75 Å². The molecule has 0 saturated carbocycles. The van der Waals surface area contributed by atoms with Crippen molar-refractivity contribution in [3.8, 4) is 17.1 Å². The molecule has 6 heteroatoms. The van der Waals surface area contributed by atoms with Gasteiger partial charge >= 0.3 is 0 Å². The molecule has 0 atom stereocenters. The molecular formula is C20H19N3O2S. The molecule has 0 spiro atoms. The van der Waals surface area contributed by atoms with Crippen molar-refractivity contribution in [2.75, 3.05) is 12.9 Å². The van der Waals surface area contributed by atoms with E-state index in [9.17, 15) is 4.79 Å². The zero-order chi connectivity index (χ0) is 18.4. The highest BCUT2D eigenvalue weighted by Crippen LogP contribution is 2.25. The van der Waals surface area contributed by atoms with Gasteiger partial charge in [0, 0.05) is 17.7 Å². The van der Waals surface area contributed by atoms with Crippen LogP contribution >= 0.6 is 11.8 Å². The lowest BCUT2D eigenvalue weighted by Gasteiger charge is -2.08. The Morgan fingerprint density at radius 3 is 2.73 bits per heavy atom. The molecule has 0 bridgehead atoms. The fraction of sp³-hybridized carbons (Fsp3) is 0.150. The number of ketones is 1. The Balaban J connectivity index is 1.78. The summed E-state index contributed by atoms with van der Waals surface area (Å²) in [7, 11) is 1.58. The van der Waals surface area contributed by atoms with E-state index in [4.69, 9.17) is 4.74 Å². The van der Waals surface area contributed by atoms with Gasteiger partial charge < -0.3 is 4.74 Å². The number of methoxy groups -OCH3 is 1. The first-order chi connectivity index (χ1) is 12.7. The largest absolute Gasteiger partial charge is 0.497 e. The highest BCUT2D eigenvalue weighted by atomic mass is 32.2. The van der Waals surface area contributed by atoms with Crippen LogP contribution in [0, 0.1) is 0 Å². The van der Waals surface area contributed by atoms with Gasteiger partial charge in [0.25, 0.3) is 0 Å². The van der Waals surface area contributed by atoms with Crippen LogP contribution in [0.3, 0.4) is 0 Å². The molecule has 0 radical (unpaired) electrons. The van der Waals surface area contributed by atoms with Crippen molar-refractivity contribution in [2.45, 2.75) is 11.7 Å². The molecule has 0 aliphatic carbocycles. The van der Waals surface area contributed by atoms with E-state index in [2.05, 4.69) is 16.8 Å². The van der Waals surface area contributed by atoms with E-state index in [1.165, 1.54) is 11.8 Å². The number of Topliss-reactive ketones (excluding diaryl/α,β-unsaturated/α-hetero) is 1. The molecule has 0 aliphatic heterocycles. The highest BCUT2D eigenvalue weighted by Gasteiger charge is 2.15. The molecule has 3 aromatic rings. The predicted octanol–water partition coefficient (Wildman–Crippen LogP) is 4.11. The zero-order valence-electron chi connectivity index (χ0n) is 14.5. The molecular weight excluding hydrogens is 346 g/mol. The Morgan fingerprint density at radius 1 is 1.19 bits per heavy atom. The predicted molar refractivity (Wildman–Crippen MR) is 104 cm³/mol. The van der Waals surface area contributed by atoms with Gasteiger partial charge in [-0.15, -0.1) is 16.8 Å². The van der Waals surface area contributed by atoms with Gasteiger partial charge in [0.05, 0.1) is 12.9 Å². The first kappa shape index (κ1) is 17.9. The normalized spacial score (nSPS) is 10.5. The number of nitrogens with zero attached hydrogens (tertiary/aromatic N) is 3. The minimum atomic E-state index is 0.0170. The molecule has 132 valence electrons. The Bertz CT molecular complexity index is 906. The van der Waals surface area contributed by atoms with Crippen LogP contribution in [-0.2, 0) is 6.54 Å². The second kappa shape index (κ2) is 8.49. The molecule has 0 unspecified atom stereocenters. The van der Waals surface area contributed by atoms with Gasteiger partial charge in [-0.1, -0.05) is 60.3 Å². The third-order valence-electron chi connectivity index (χ3n) is 3.78. The summed E-state index contributed by atoms with van der Waals surface area (Å²) in [5, 5.41) is 9.25. The first-order valence-corrected chi connectivity index (χ1v) is 9.11. The number of hydrogen-bond donors (Lipinski definition) is 0. The van der Waals surface area contributed by atoms with Crippen molar-refractivity contribution >= 4 is 17.5 Å². The molecule has 26 heavy (non-hydrogen) atoms. The number of allylic oxidation sites excluding steroid dienone is 1. The summed E-state index contributed by atoms with van der Waals surface area (Å²) in [5.41, 5.74) is 1.60. The van der Waals surface area contributed by atoms with Crippen molar-refractivity contribution in [1.29, 1.82) is 0 Å². The van der Waals surface area contributed by atoms with Crippen molar-refractivity contribution in [2.24, 2.45) is 0 Å². The smallest absolute Gasteiger partial charge is 0.192 e. The maximum atomic E-state index is 12.5. The van der Waals surface area contributed by atoms with Crippen LogP contribution < -0.4 is 4.74 Å². The second-order valence-corrected chi connectivity index (χ2v) is 6.46. The van der Waals surface area contributed by atoms with Crippen molar-refractivity contribution < 1.29 is 9.53 Å². The molecule has 0 N–H and O–H groups in total. The maximum Gasteiger partial charge on any atom is 0.192 e. The SMILES string of the molecule is C=CCn1c(SCC(=O)c2cccc(OC)c2)nnc1-c1ccccc1. The Hall–Kier alpha value is -2.86. The number of carbonyl (C=O) groups excluding carboxylic acids is 1. The van der Waals surface area contributed by atoms with E-state index in [0.29, 0.717) is 23.0 Å². The van der Waals surface area contributed by atoms with Crippen LogP contribution in [0.1, 0.15) is 10.4 Å². The van der Waals surface area contributed by atoms with Gasteiger partial charge in [-0.05, 0) is 12.1 Å². The second-order valence-electron chi connectivity index (χ2n) is 5.52. The minimum Gasteiger partial charge on any atom is -0.497 e. The van der Waals surface area contributed by atoms with Crippen molar-refractivity contribution in [3.05, 3.63) is 72.8 Å². The van der Waals surface area contributed by atoms with Crippen molar-refractivity contribution in [1.82, 2.24) is 14.8 Å². The summed E-state index contributed by atoms with van der Waals surface area (Å²) in [6.45, 7) is 4.38. The van der Waals surface area contributed by atoms with Crippen LogP contribution in [0.5, 0.6) is 5.75 Å². The monoisotopic (exact) mass is 365 g/mol. The number of ether oxygens (including phenoxy) is 1.